The molecule has 0 unspecified atom stereocenters. The first-order chi connectivity index (χ1) is 12.6. The van der Waals surface area contributed by atoms with Gasteiger partial charge in [0.25, 0.3) is 0 Å². The van der Waals surface area contributed by atoms with Gasteiger partial charge in [0.1, 0.15) is 6.54 Å². The van der Waals surface area contributed by atoms with E-state index in [1.807, 2.05) is 24.3 Å². The second-order valence-electron chi connectivity index (χ2n) is 5.42. The number of nitrogens with zero attached hydrogens (tertiary/aromatic N) is 2. The van der Waals surface area contributed by atoms with Crippen molar-refractivity contribution in [3.63, 3.8) is 0 Å². The lowest BCUT2D eigenvalue weighted by Crippen LogP contribution is -2.19. The Hall–Kier alpha value is -2.93. The molecule has 3 rings (SSSR count). The first-order valence-electron chi connectivity index (χ1n) is 7.78. The molecular formula is C18H18ClN3O4. The zero-order chi connectivity index (χ0) is 18.7. The summed E-state index contributed by atoms with van der Waals surface area (Å²) in [6.07, 6.45) is 0. The third-order valence-electron chi connectivity index (χ3n) is 3.86. The molecule has 0 radical (unpaired) electrons. The highest BCUT2D eigenvalue weighted by molar-refractivity contribution is 6.29. The monoisotopic (exact) mass is 375 g/mol. The average Bonchev–Trinajstić information content (AvgIpc) is 2.96. The van der Waals surface area contributed by atoms with E-state index in [-0.39, 0.29) is 17.7 Å². The van der Waals surface area contributed by atoms with Crippen molar-refractivity contribution in [2.24, 2.45) is 0 Å². The second kappa shape index (κ2) is 7.53. The largest absolute Gasteiger partial charge is 0.493 e. The van der Waals surface area contributed by atoms with Gasteiger partial charge in [0.15, 0.2) is 11.5 Å². The molecule has 0 aliphatic heterocycles. The molecule has 0 bridgehead atoms. The number of anilines is 1. The third kappa shape index (κ3) is 3.39. The maximum Gasteiger partial charge on any atom is 0.244 e. The van der Waals surface area contributed by atoms with Gasteiger partial charge >= 0.3 is 0 Å². The predicted octanol–water partition coefficient (Wildman–Crippen LogP) is 3.35. The molecule has 26 heavy (non-hydrogen) atoms. The van der Waals surface area contributed by atoms with Gasteiger partial charge in [-0.25, -0.2) is 4.98 Å². The number of imidazole rings is 1. The number of hydrogen-bond donors (Lipinski definition) is 1. The fourth-order valence-corrected chi connectivity index (χ4v) is 2.94. The fourth-order valence-electron chi connectivity index (χ4n) is 2.69. The van der Waals surface area contributed by atoms with Gasteiger partial charge in [-0.3, -0.25) is 4.79 Å². The van der Waals surface area contributed by atoms with Crippen LogP contribution < -0.4 is 19.5 Å². The lowest BCUT2D eigenvalue weighted by molar-refractivity contribution is -0.116. The van der Waals surface area contributed by atoms with Crippen LogP contribution >= 0.6 is 11.6 Å². The number of carbonyl (C=O) groups excluding carboxylic acids is 1. The van der Waals surface area contributed by atoms with Crippen LogP contribution in [0, 0.1) is 0 Å². The summed E-state index contributed by atoms with van der Waals surface area (Å²) >= 11 is 6.16. The van der Waals surface area contributed by atoms with Crippen molar-refractivity contribution in [2.75, 3.05) is 26.6 Å². The molecule has 0 aliphatic rings. The average molecular weight is 376 g/mol. The number of methoxy groups -OCH3 is 3. The number of carbonyl (C=O) groups is 1. The summed E-state index contributed by atoms with van der Waals surface area (Å²) in [5.41, 5.74) is 2.04. The Balaban J connectivity index is 1.85. The van der Waals surface area contributed by atoms with Gasteiger partial charge in [-0.1, -0.05) is 12.1 Å². The normalized spacial score (nSPS) is 10.6. The third-order valence-corrected chi connectivity index (χ3v) is 4.15. The number of rotatable bonds is 6. The number of nitrogens with one attached hydrogen (secondary N) is 1. The van der Waals surface area contributed by atoms with Crippen molar-refractivity contribution in [3.8, 4) is 17.2 Å². The van der Waals surface area contributed by atoms with Gasteiger partial charge in [-0.15, -0.1) is 0 Å². The number of hydrogen-bond acceptors (Lipinski definition) is 5. The van der Waals surface area contributed by atoms with Crippen LogP contribution in [0.2, 0.25) is 5.28 Å². The molecule has 1 aromatic heterocycles. The van der Waals surface area contributed by atoms with Crippen molar-refractivity contribution in [3.05, 3.63) is 41.7 Å². The van der Waals surface area contributed by atoms with Crippen LogP contribution in [0.4, 0.5) is 5.69 Å². The number of halogens is 1. The first-order valence-corrected chi connectivity index (χ1v) is 8.15. The molecule has 0 saturated carbocycles. The topological polar surface area (TPSA) is 74.6 Å². The maximum atomic E-state index is 12.5. The van der Waals surface area contributed by atoms with Crippen molar-refractivity contribution < 1.29 is 19.0 Å². The van der Waals surface area contributed by atoms with Crippen LogP contribution in [0.25, 0.3) is 11.0 Å². The summed E-state index contributed by atoms with van der Waals surface area (Å²) in [6, 6.07) is 10.8. The van der Waals surface area contributed by atoms with E-state index in [2.05, 4.69) is 10.3 Å². The maximum absolute atomic E-state index is 12.5. The molecule has 136 valence electrons. The van der Waals surface area contributed by atoms with E-state index in [1.54, 1.807) is 16.7 Å². The van der Waals surface area contributed by atoms with Gasteiger partial charge in [0.2, 0.25) is 16.9 Å². The zero-order valence-corrected chi connectivity index (χ0v) is 15.3. The van der Waals surface area contributed by atoms with Gasteiger partial charge in [-0.05, 0) is 23.7 Å². The van der Waals surface area contributed by atoms with Crippen LogP contribution in [-0.4, -0.2) is 36.8 Å². The molecule has 0 aliphatic carbocycles. The number of para-hydroxylation sites is 2. The van der Waals surface area contributed by atoms with E-state index >= 15 is 0 Å². The van der Waals surface area contributed by atoms with Crippen molar-refractivity contribution in [2.45, 2.75) is 6.54 Å². The van der Waals surface area contributed by atoms with Gasteiger partial charge in [0, 0.05) is 17.8 Å². The molecule has 7 nitrogen and oxygen atoms in total. The smallest absolute Gasteiger partial charge is 0.244 e. The Kier molecular flexibility index (Phi) is 5.18. The standard InChI is InChI=1S/C18H18ClN3O4/c1-24-14-8-11(9-15(25-2)17(14)26-3)20-16(23)10-22-13-7-5-4-6-12(13)21-18(22)19/h4-9H,10H2,1-3H3,(H,20,23). The summed E-state index contributed by atoms with van der Waals surface area (Å²) in [6.45, 7) is 0.0238. The number of ether oxygens (including phenoxy) is 3. The summed E-state index contributed by atoms with van der Waals surface area (Å²) in [4.78, 5) is 16.7. The van der Waals surface area contributed by atoms with Crippen LogP contribution in [0.15, 0.2) is 36.4 Å². The van der Waals surface area contributed by atoms with Gasteiger partial charge in [-0.2, -0.15) is 0 Å². The van der Waals surface area contributed by atoms with E-state index < -0.39 is 0 Å². The zero-order valence-electron chi connectivity index (χ0n) is 14.6. The second-order valence-corrected chi connectivity index (χ2v) is 5.76. The molecule has 0 spiro atoms. The minimum atomic E-state index is -0.260. The number of fused-ring (bicyclic) bond motifs is 1. The van der Waals surface area contributed by atoms with Crippen molar-refractivity contribution in [1.29, 1.82) is 0 Å². The SMILES string of the molecule is COc1cc(NC(=O)Cn2c(Cl)nc3ccccc32)cc(OC)c1OC. The summed E-state index contributed by atoms with van der Waals surface area (Å²) in [7, 11) is 4.55. The summed E-state index contributed by atoms with van der Waals surface area (Å²) in [5.74, 6) is 1.10. The van der Waals surface area contributed by atoms with E-state index in [4.69, 9.17) is 25.8 Å². The molecule has 3 aromatic rings. The predicted molar refractivity (Wildman–Crippen MR) is 99.5 cm³/mol. The molecule has 1 amide bonds. The molecular weight excluding hydrogens is 358 g/mol. The summed E-state index contributed by atoms with van der Waals surface area (Å²) < 4.78 is 17.5. The molecule has 1 N–H and O–H groups in total. The molecule has 2 aromatic carbocycles. The van der Waals surface area contributed by atoms with E-state index in [0.717, 1.165) is 11.0 Å². The van der Waals surface area contributed by atoms with Crippen molar-refractivity contribution >= 4 is 34.2 Å². The Morgan fingerprint density at radius 3 is 2.38 bits per heavy atom. The molecule has 0 atom stereocenters. The van der Waals surface area contributed by atoms with Gasteiger partial charge < -0.3 is 24.1 Å². The minimum Gasteiger partial charge on any atom is -0.493 e. The van der Waals surface area contributed by atoms with Crippen LogP contribution in [0.1, 0.15) is 0 Å². The van der Waals surface area contributed by atoms with E-state index in [1.165, 1.54) is 21.3 Å². The molecule has 0 saturated heterocycles. The Labute approximate surface area is 155 Å². The number of benzene rings is 2. The van der Waals surface area contributed by atoms with Gasteiger partial charge in [0.05, 0.1) is 32.4 Å². The van der Waals surface area contributed by atoms with Crippen LogP contribution in [-0.2, 0) is 11.3 Å². The number of amides is 1. The highest BCUT2D eigenvalue weighted by Gasteiger charge is 2.16. The van der Waals surface area contributed by atoms with Crippen LogP contribution in [0.5, 0.6) is 17.2 Å². The highest BCUT2D eigenvalue weighted by Crippen LogP contribution is 2.39. The first kappa shape index (κ1) is 17.9. The van der Waals surface area contributed by atoms with Crippen LogP contribution in [0.3, 0.4) is 0 Å². The Morgan fingerprint density at radius 2 is 1.77 bits per heavy atom. The lowest BCUT2D eigenvalue weighted by Gasteiger charge is -2.15. The minimum absolute atomic E-state index is 0.0238. The fraction of sp³-hybridized carbons (Fsp3) is 0.222. The molecule has 8 heteroatoms. The highest BCUT2D eigenvalue weighted by atomic mass is 35.5. The summed E-state index contributed by atoms with van der Waals surface area (Å²) in [5, 5.41) is 3.07. The number of aromatic nitrogens is 2. The Morgan fingerprint density at radius 1 is 1.12 bits per heavy atom. The van der Waals surface area contributed by atoms with E-state index in [9.17, 15) is 4.79 Å². The molecule has 1 heterocycles. The molecule has 0 fully saturated rings. The van der Waals surface area contributed by atoms with Crippen molar-refractivity contribution in [1.82, 2.24) is 9.55 Å². The Bertz CT molecular complexity index is 930. The lowest BCUT2D eigenvalue weighted by atomic mass is 10.2. The quantitative estimate of drug-likeness (QED) is 0.715. The van der Waals surface area contributed by atoms with E-state index in [0.29, 0.717) is 22.9 Å².